The molecule has 11 heteroatoms. The molecule has 4 heterocycles. The summed E-state index contributed by atoms with van der Waals surface area (Å²) in [4.78, 5) is 8.39. The highest BCUT2D eigenvalue weighted by Crippen LogP contribution is 2.41. The molecule has 0 amide bonds. The fraction of sp³-hybridized carbons (Fsp3) is 0.706. The molecule has 9 nitrogen and oxygen atoms in total. The minimum atomic E-state index is -2.48. The zero-order valence-corrected chi connectivity index (χ0v) is 18.4. The van der Waals surface area contributed by atoms with Gasteiger partial charge in [0.2, 0.25) is 0 Å². The molecule has 0 aromatic carbocycles. The number of nitrogens with two attached hydrogens (primary N) is 1. The normalized spacial score (nSPS) is 27.9. The van der Waals surface area contributed by atoms with E-state index in [2.05, 4.69) is 42.8 Å². The number of hydrogen-bond acceptors (Lipinski definition) is 8. The minimum Gasteiger partial charge on any atom is -0.388 e. The van der Waals surface area contributed by atoms with Crippen molar-refractivity contribution in [3.05, 3.63) is 11.0 Å². The van der Waals surface area contributed by atoms with E-state index < -0.39 is 8.56 Å². The molecular weight excluding hydrogens is 398 g/mol. The highest BCUT2D eigenvalue weighted by molar-refractivity contribution is 7.71. The van der Waals surface area contributed by atoms with Crippen molar-refractivity contribution in [3.8, 4) is 0 Å². The summed E-state index contributed by atoms with van der Waals surface area (Å²) in [6.07, 6.45) is 1.45. The Morgan fingerprint density at radius 2 is 2.00 bits per heavy atom. The van der Waals surface area contributed by atoms with E-state index in [1.54, 1.807) is 0 Å². The summed E-state index contributed by atoms with van der Waals surface area (Å²) in [5, 5.41) is 3.79. The van der Waals surface area contributed by atoms with Crippen molar-refractivity contribution in [3.63, 3.8) is 0 Å². The molecule has 0 spiro atoms. The molecule has 3 N–H and O–H groups in total. The second kappa shape index (κ2) is 7.47. The molecule has 0 radical (unpaired) electrons. The third kappa shape index (κ3) is 3.19. The Labute approximate surface area is 169 Å². The molecule has 28 heavy (non-hydrogen) atoms. The molecule has 0 unspecified atom stereocenters. The summed E-state index contributed by atoms with van der Waals surface area (Å²) in [5.41, 5.74) is 7.19. The van der Waals surface area contributed by atoms with Gasteiger partial charge in [-0.05, 0) is 11.1 Å². The lowest BCUT2D eigenvalue weighted by Gasteiger charge is -2.41. The topological polar surface area (TPSA) is 109 Å². The molecule has 2 saturated heterocycles. The number of nitrogens with zero attached hydrogens (tertiary/aromatic N) is 3. The molecule has 2 fully saturated rings. The number of anilines is 1. The zero-order valence-electron chi connectivity index (χ0n) is 16.5. The van der Waals surface area contributed by atoms with Crippen LogP contribution in [0, 0.1) is 4.64 Å². The molecule has 2 aromatic heterocycles. The van der Waals surface area contributed by atoms with Crippen LogP contribution in [0.5, 0.6) is 0 Å². The Morgan fingerprint density at radius 3 is 2.71 bits per heavy atom. The molecule has 3 atom stereocenters. The Balaban J connectivity index is 1.67. The van der Waals surface area contributed by atoms with Crippen LogP contribution in [-0.2, 0) is 18.3 Å². The van der Waals surface area contributed by atoms with E-state index in [0.29, 0.717) is 45.6 Å². The number of H-pyrrole nitrogens is 1. The maximum absolute atomic E-state index is 6.72. The van der Waals surface area contributed by atoms with Crippen molar-refractivity contribution in [2.45, 2.75) is 63.6 Å². The molecular formula is C17H27N5O4SSi. The van der Waals surface area contributed by atoms with Gasteiger partial charge in [0.1, 0.15) is 29.7 Å². The predicted molar refractivity (Wildman–Crippen MR) is 108 cm³/mol. The summed E-state index contributed by atoms with van der Waals surface area (Å²) >= 11 is 5.41. The van der Waals surface area contributed by atoms with Crippen molar-refractivity contribution in [2.75, 3.05) is 19.1 Å². The second-order valence-corrected chi connectivity index (χ2v) is 12.6. The minimum absolute atomic E-state index is 0.125. The lowest BCUT2D eigenvalue weighted by molar-refractivity contribution is -0.116. The van der Waals surface area contributed by atoms with Crippen LogP contribution in [0.1, 0.15) is 40.3 Å². The predicted octanol–water partition coefficient (Wildman–Crippen LogP) is 3.01. The molecule has 0 bridgehead atoms. The number of ether oxygens (including phenoxy) is 2. The highest BCUT2D eigenvalue weighted by Gasteiger charge is 2.51. The fourth-order valence-electron chi connectivity index (χ4n) is 4.19. The van der Waals surface area contributed by atoms with E-state index in [9.17, 15) is 0 Å². The number of aromatic amines is 1. The smallest absolute Gasteiger partial charge is 0.345 e. The van der Waals surface area contributed by atoms with Gasteiger partial charge in [-0.15, -0.1) is 0 Å². The van der Waals surface area contributed by atoms with E-state index in [1.165, 1.54) is 6.33 Å². The lowest BCUT2D eigenvalue weighted by atomic mass is 10.2. The van der Waals surface area contributed by atoms with Gasteiger partial charge in [0.15, 0.2) is 11.9 Å². The first-order valence-corrected chi connectivity index (χ1v) is 12.0. The van der Waals surface area contributed by atoms with Crippen LogP contribution in [-0.4, -0.2) is 53.9 Å². The van der Waals surface area contributed by atoms with Crippen molar-refractivity contribution in [1.82, 2.24) is 19.7 Å². The number of aromatic nitrogens is 4. The third-order valence-electron chi connectivity index (χ3n) is 5.60. The standard InChI is InChI=1S/C17H27N5O4SSi/c1-9(2)28(10(3)4)24-8-23-6-12-11(26-28)5-13(25-12)22-16-14(17(27)21-22)15(18)19-7-20-16/h7,9-13H,5-6,8H2,1-4H3,(H,21,27)(H2,18,19,20)/t11-,12-,13+/m0/s1. The van der Waals surface area contributed by atoms with Crippen LogP contribution in [0.2, 0.25) is 11.1 Å². The largest absolute Gasteiger partial charge is 0.388 e. The molecule has 2 aliphatic heterocycles. The average Bonchev–Trinajstić information content (AvgIpc) is 3.16. The fourth-order valence-corrected chi connectivity index (χ4v) is 8.09. The van der Waals surface area contributed by atoms with E-state index in [0.717, 1.165) is 0 Å². The SMILES string of the molecule is CC(C)[Si]1(C(C)C)OCOC[C@@H]2O[C@@H](n3[nH]c(=S)c4c(N)ncnc43)C[C@@H]2O1. The monoisotopic (exact) mass is 425 g/mol. The van der Waals surface area contributed by atoms with E-state index in [-0.39, 0.29) is 25.2 Å². The van der Waals surface area contributed by atoms with Crippen LogP contribution in [0.25, 0.3) is 11.0 Å². The Morgan fingerprint density at radius 1 is 1.25 bits per heavy atom. The van der Waals surface area contributed by atoms with Gasteiger partial charge in [-0.25, -0.2) is 14.6 Å². The Bertz CT molecular complexity index is 909. The summed E-state index contributed by atoms with van der Waals surface area (Å²) < 4.78 is 27.3. The van der Waals surface area contributed by atoms with E-state index in [1.807, 2.05) is 4.68 Å². The van der Waals surface area contributed by atoms with Gasteiger partial charge in [-0.2, -0.15) is 0 Å². The number of fused-ring (bicyclic) bond motifs is 2. The Kier molecular flexibility index (Phi) is 5.31. The van der Waals surface area contributed by atoms with Gasteiger partial charge in [0.05, 0.1) is 18.1 Å². The van der Waals surface area contributed by atoms with Crippen LogP contribution in [0.3, 0.4) is 0 Å². The van der Waals surface area contributed by atoms with Crippen molar-refractivity contribution in [2.24, 2.45) is 0 Å². The number of hydrogen-bond donors (Lipinski definition) is 2. The maximum atomic E-state index is 6.72. The van der Waals surface area contributed by atoms with Crippen molar-refractivity contribution < 1.29 is 18.3 Å². The maximum Gasteiger partial charge on any atom is 0.345 e. The lowest BCUT2D eigenvalue weighted by Crippen LogP contribution is -2.54. The Hall–Kier alpha value is -1.37. The second-order valence-electron chi connectivity index (χ2n) is 7.95. The summed E-state index contributed by atoms with van der Waals surface area (Å²) in [5.74, 6) is 0.355. The molecule has 2 aliphatic rings. The summed E-state index contributed by atoms with van der Waals surface area (Å²) in [7, 11) is -2.48. The van der Waals surface area contributed by atoms with Gasteiger partial charge in [0, 0.05) is 6.42 Å². The van der Waals surface area contributed by atoms with Gasteiger partial charge < -0.3 is 24.1 Å². The molecule has 4 rings (SSSR count). The first-order chi connectivity index (χ1) is 13.3. The van der Waals surface area contributed by atoms with Crippen LogP contribution in [0.4, 0.5) is 5.82 Å². The van der Waals surface area contributed by atoms with Crippen LogP contribution >= 0.6 is 12.2 Å². The highest BCUT2D eigenvalue weighted by atomic mass is 32.1. The van der Waals surface area contributed by atoms with Crippen molar-refractivity contribution >= 4 is 37.6 Å². The molecule has 0 saturated carbocycles. The van der Waals surface area contributed by atoms with E-state index in [4.69, 9.17) is 36.3 Å². The first kappa shape index (κ1) is 19.9. The third-order valence-corrected chi connectivity index (χ3v) is 10.4. The van der Waals surface area contributed by atoms with E-state index >= 15 is 0 Å². The molecule has 2 aromatic rings. The number of nitrogens with one attached hydrogen (secondary N) is 1. The number of rotatable bonds is 3. The summed E-state index contributed by atoms with van der Waals surface area (Å²) in [6, 6.07) is 0. The quantitative estimate of drug-likeness (QED) is 0.570. The van der Waals surface area contributed by atoms with Gasteiger partial charge in [-0.3, -0.25) is 5.10 Å². The molecule has 0 aliphatic carbocycles. The zero-order chi connectivity index (χ0) is 20.1. The van der Waals surface area contributed by atoms with Crippen LogP contribution < -0.4 is 5.73 Å². The number of nitrogen functional groups attached to an aromatic ring is 1. The van der Waals surface area contributed by atoms with Crippen LogP contribution in [0.15, 0.2) is 6.33 Å². The van der Waals surface area contributed by atoms with Gasteiger partial charge in [-0.1, -0.05) is 39.9 Å². The summed E-state index contributed by atoms with van der Waals surface area (Å²) in [6.45, 7) is 9.29. The van der Waals surface area contributed by atoms with Crippen molar-refractivity contribution in [1.29, 1.82) is 0 Å². The first-order valence-electron chi connectivity index (χ1n) is 9.59. The molecule has 154 valence electrons. The van der Waals surface area contributed by atoms with Gasteiger partial charge >= 0.3 is 8.56 Å². The average molecular weight is 426 g/mol. The van der Waals surface area contributed by atoms with Gasteiger partial charge in [0.25, 0.3) is 0 Å².